The lowest BCUT2D eigenvalue weighted by Crippen LogP contribution is -2.27. The third-order valence-electron chi connectivity index (χ3n) is 2.14. The summed E-state index contributed by atoms with van der Waals surface area (Å²) in [4.78, 5) is 15.4. The molecule has 6 heteroatoms. The van der Waals surface area contributed by atoms with Gasteiger partial charge in [0.1, 0.15) is 0 Å². The van der Waals surface area contributed by atoms with Crippen molar-refractivity contribution >= 4 is 17.5 Å². The molecule has 0 bridgehead atoms. The normalized spacial score (nSPS) is 10.4. The predicted molar refractivity (Wildman–Crippen MR) is 61.3 cm³/mol. The molecule has 0 saturated heterocycles. The molecule has 0 aliphatic rings. The number of imidazole rings is 1. The molecule has 0 unspecified atom stereocenters. The largest absolute Gasteiger partial charge is 0.383 e. The van der Waals surface area contributed by atoms with E-state index in [1.165, 1.54) is 0 Å². The molecule has 1 heterocycles. The maximum atomic E-state index is 11.4. The molecular formula is C10H16ClN3O2. The molecule has 0 aliphatic carbocycles. The van der Waals surface area contributed by atoms with Gasteiger partial charge in [0.15, 0.2) is 0 Å². The average molecular weight is 246 g/mol. The van der Waals surface area contributed by atoms with Gasteiger partial charge in [0.25, 0.3) is 0 Å². The van der Waals surface area contributed by atoms with E-state index >= 15 is 0 Å². The van der Waals surface area contributed by atoms with E-state index in [1.54, 1.807) is 19.6 Å². The van der Waals surface area contributed by atoms with Gasteiger partial charge in [-0.05, 0) is 0 Å². The molecule has 0 aromatic carbocycles. The lowest BCUT2D eigenvalue weighted by atomic mass is 10.3. The van der Waals surface area contributed by atoms with Crippen LogP contribution in [0.1, 0.15) is 12.1 Å². The number of methoxy groups -OCH3 is 1. The first-order valence-electron chi connectivity index (χ1n) is 5.08. The molecule has 5 nitrogen and oxygen atoms in total. The van der Waals surface area contributed by atoms with Gasteiger partial charge in [-0.25, -0.2) is 4.98 Å². The van der Waals surface area contributed by atoms with Crippen molar-refractivity contribution < 1.29 is 9.53 Å². The van der Waals surface area contributed by atoms with E-state index in [1.807, 2.05) is 4.57 Å². The maximum absolute atomic E-state index is 11.4. The van der Waals surface area contributed by atoms with Crippen molar-refractivity contribution in [2.75, 3.05) is 20.3 Å². The zero-order valence-corrected chi connectivity index (χ0v) is 10.0. The molecule has 1 rings (SSSR count). The van der Waals surface area contributed by atoms with E-state index in [4.69, 9.17) is 16.3 Å². The summed E-state index contributed by atoms with van der Waals surface area (Å²) in [6.45, 7) is 1.67. The van der Waals surface area contributed by atoms with E-state index in [9.17, 15) is 4.79 Å². The second kappa shape index (κ2) is 7.24. The molecule has 1 aromatic rings. The fourth-order valence-corrected chi connectivity index (χ4v) is 1.49. The number of hydrogen-bond donors (Lipinski definition) is 1. The molecule has 1 amide bonds. The Balaban J connectivity index is 2.26. The van der Waals surface area contributed by atoms with Gasteiger partial charge in [0.05, 0.1) is 24.5 Å². The van der Waals surface area contributed by atoms with E-state index < -0.39 is 0 Å². The second-order valence-corrected chi connectivity index (χ2v) is 3.57. The predicted octanol–water partition coefficient (Wildman–Crippen LogP) is 0.775. The summed E-state index contributed by atoms with van der Waals surface area (Å²) in [7, 11) is 1.60. The number of halogens is 1. The van der Waals surface area contributed by atoms with Crippen LogP contribution in [0.25, 0.3) is 0 Å². The Morgan fingerprint density at radius 1 is 1.69 bits per heavy atom. The first-order valence-corrected chi connectivity index (χ1v) is 5.62. The Hall–Kier alpha value is -1.07. The molecule has 0 radical (unpaired) electrons. The fraction of sp³-hybridized carbons (Fsp3) is 0.600. The summed E-state index contributed by atoms with van der Waals surface area (Å²) in [6.07, 6.45) is 3.81. The van der Waals surface area contributed by atoms with Gasteiger partial charge >= 0.3 is 0 Å². The van der Waals surface area contributed by atoms with Crippen LogP contribution in [0.2, 0.25) is 0 Å². The lowest BCUT2D eigenvalue weighted by molar-refractivity contribution is -0.121. The number of amides is 1. The standard InChI is InChI=1S/C10H16ClN3O2/c1-16-5-3-13-10(15)2-4-14-8-12-7-9(14)6-11/h7-8H,2-6H2,1H3,(H,13,15). The van der Waals surface area contributed by atoms with Crippen LogP contribution in [-0.4, -0.2) is 35.7 Å². The van der Waals surface area contributed by atoms with Crippen LogP contribution in [0.15, 0.2) is 12.5 Å². The van der Waals surface area contributed by atoms with Crippen LogP contribution >= 0.6 is 11.6 Å². The summed E-state index contributed by atoms with van der Waals surface area (Å²) < 4.78 is 6.71. The SMILES string of the molecule is COCCNC(=O)CCn1cncc1CCl. The third-order valence-corrected chi connectivity index (χ3v) is 2.42. The molecule has 1 aromatic heterocycles. The van der Waals surface area contributed by atoms with Crippen LogP contribution in [0.3, 0.4) is 0 Å². The first-order chi connectivity index (χ1) is 7.77. The first kappa shape index (κ1) is 13.0. The zero-order valence-electron chi connectivity index (χ0n) is 9.28. The summed E-state index contributed by atoms with van der Waals surface area (Å²) >= 11 is 5.71. The van der Waals surface area contributed by atoms with Crippen LogP contribution in [0.5, 0.6) is 0 Å². The van der Waals surface area contributed by atoms with Crippen molar-refractivity contribution in [3.8, 4) is 0 Å². The smallest absolute Gasteiger partial charge is 0.221 e. The van der Waals surface area contributed by atoms with E-state index in [2.05, 4.69) is 10.3 Å². The number of aryl methyl sites for hydroxylation is 1. The average Bonchev–Trinajstić information content (AvgIpc) is 2.74. The molecule has 0 aliphatic heterocycles. The minimum absolute atomic E-state index is 0.00581. The maximum Gasteiger partial charge on any atom is 0.221 e. The summed E-state index contributed by atoms with van der Waals surface area (Å²) in [5.41, 5.74) is 0.923. The van der Waals surface area contributed by atoms with Gasteiger partial charge < -0.3 is 14.6 Å². The van der Waals surface area contributed by atoms with Gasteiger partial charge in [0, 0.05) is 32.8 Å². The Morgan fingerprint density at radius 3 is 3.19 bits per heavy atom. The topological polar surface area (TPSA) is 56.1 Å². The lowest BCUT2D eigenvalue weighted by Gasteiger charge is -2.06. The molecule has 0 atom stereocenters. The molecule has 0 saturated carbocycles. The Bertz CT molecular complexity index is 328. The van der Waals surface area contributed by atoms with Crippen molar-refractivity contribution in [2.24, 2.45) is 0 Å². The fourth-order valence-electron chi connectivity index (χ4n) is 1.26. The second-order valence-electron chi connectivity index (χ2n) is 3.30. The Morgan fingerprint density at radius 2 is 2.50 bits per heavy atom. The highest BCUT2D eigenvalue weighted by Crippen LogP contribution is 2.03. The van der Waals surface area contributed by atoms with Gasteiger partial charge in [0.2, 0.25) is 5.91 Å². The number of hydrogen-bond acceptors (Lipinski definition) is 3. The minimum Gasteiger partial charge on any atom is -0.383 e. The number of carbonyl (C=O) groups is 1. The van der Waals surface area contributed by atoms with Crippen molar-refractivity contribution in [3.63, 3.8) is 0 Å². The van der Waals surface area contributed by atoms with E-state index in [0.29, 0.717) is 32.0 Å². The number of rotatable bonds is 7. The highest BCUT2D eigenvalue weighted by molar-refractivity contribution is 6.16. The Kier molecular flexibility index (Phi) is 5.88. The number of aromatic nitrogens is 2. The van der Waals surface area contributed by atoms with E-state index in [0.717, 1.165) is 5.69 Å². The highest BCUT2D eigenvalue weighted by atomic mass is 35.5. The molecule has 90 valence electrons. The molecule has 0 fully saturated rings. The van der Waals surface area contributed by atoms with Crippen molar-refractivity contribution in [1.82, 2.24) is 14.9 Å². The van der Waals surface area contributed by atoms with Gasteiger partial charge in [-0.15, -0.1) is 11.6 Å². The molecule has 0 spiro atoms. The van der Waals surface area contributed by atoms with Crippen LogP contribution in [-0.2, 0) is 22.0 Å². The van der Waals surface area contributed by atoms with Gasteiger partial charge in [-0.3, -0.25) is 4.79 Å². The molecule has 16 heavy (non-hydrogen) atoms. The van der Waals surface area contributed by atoms with Crippen molar-refractivity contribution in [2.45, 2.75) is 18.8 Å². The number of ether oxygens (including phenoxy) is 1. The monoisotopic (exact) mass is 245 g/mol. The van der Waals surface area contributed by atoms with E-state index in [-0.39, 0.29) is 5.91 Å². The quantitative estimate of drug-likeness (QED) is 0.570. The van der Waals surface area contributed by atoms with Crippen molar-refractivity contribution in [1.29, 1.82) is 0 Å². The molecule has 1 N–H and O–H groups in total. The number of nitrogens with zero attached hydrogens (tertiary/aromatic N) is 2. The van der Waals surface area contributed by atoms with Gasteiger partial charge in [-0.2, -0.15) is 0 Å². The summed E-state index contributed by atoms with van der Waals surface area (Å²) in [5, 5.41) is 2.75. The van der Waals surface area contributed by atoms with Crippen LogP contribution in [0, 0.1) is 0 Å². The number of alkyl halides is 1. The number of nitrogens with one attached hydrogen (secondary N) is 1. The van der Waals surface area contributed by atoms with Crippen molar-refractivity contribution in [3.05, 3.63) is 18.2 Å². The van der Waals surface area contributed by atoms with Crippen LogP contribution < -0.4 is 5.32 Å². The third kappa shape index (κ3) is 4.20. The summed E-state index contributed by atoms with van der Waals surface area (Å²) in [6, 6.07) is 0. The highest BCUT2D eigenvalue weighted by Gasteiger charge is 2.04. The summed E-state index contributed by atoms with van der Waals surface area (Å²) in [5.74, 6) is 0.414. The van der Waals surface area contributed by atoms with Crippen LogP contribution in [0.4, 0.5) is 0 Å². The minimum atomic E-state index is 0.00581. The molecular weight excluding hydrogens is 230 g/mol. The zero-order chi connectivity index (χ0) is 11.8. The number of carbonyl (C=O) groups excluding carboxylic acids is 1. The Labute approximate surface area is 99.8 Å². The van der Waals surface area contributed by atoms with Gasteiger partial charge in [-0.1, -0.05) is 0 Å².